The smallest absolute Gasteiger partial charge is 0.117 e. The molecule has 0 fully saturated rings. The lowest BCUT2D eigenvalue weighted by molar-refractivity contribution is -0.275. The predicted molar refractivity (Wildman–Crippen MR) is 114 cm³/mol. The second-order valence-corrected chi connectivity index (χ2v) is 8.16. The van der Waals surface area contributed by atoms with Gasteiger partial charge in [-0.2, -0.15) is 0 Å². The highest BCUT2D eigenvalue weighted by Crippen LogP contribution is 2.32. The van der Waals surface area contributed by atoms with Crippen molar-refractivity contribution < 1.29 is 5.21 Å². The summed E-state index contributed by atoms with van der Waals surface area (Å²) < 4.78 is 0. The maximum absolute atomic E-state index is 13.5. The molecule has 0 amide bonds. The molecule has 145 valence electrons. The summed E-state index contributed by atoms with van der Waals surface area (Å²) in [4.78, 5) is 2.26. The Morgan fingerprint density at radius 2 is 1.07 bits per heavy atom. The van der Waals surface area contributed by atoms with E-state index in [-0.39, 0.29) is 6.17 Å². The zero-order valence-electron chi connectivity index (χ0n) is 17.0. The largest absolute Gasteiger partial charge is 0.274 e. The van der Waals surface area contributed by atoms with Crippen LogP contribution in [-0.4, -0.2) is 15.5 Å². The summed E-state index contributed by atoms with van der Waals surface area (Å²) >= 11 is 0. The van der Waals surface area contributed by atoms with Crippen LogP contribution in [0.5, 0.6) is 0 Å². The summed E-state index contributed by atoms with van der Waals surface area (Å²) in [5, 5.41) is 14.7. The Hall–Kier alpha value is -2.46. The molecular formula is C25H29N2O. The van der Waals surface area contributed by atoms with E-state index in [0.29, 0.717) is 13.1 Å². The van der Waals surface area contributed by atoms with Crippen molar-refractivity contribution in [2.45, 2.75) is 45.6 Å². The van der Waals surface area contributed by atoms with Crippen molar-refractivity contribution in [2.24, 2.45) is 0 Å². The fourth-order valence-electron chi connectivity index (χ4n) is 3.35. The first-order valence-electron chi connectivity index (χ1n) is 9.78. The molecule has 0 heterocycles. The number of rotatable bonds is 7. The zero-order chi connectivity index (χ0) is 20.0. The Morgan fingerprint density at radius 1 is 0.679 bits per heavy atom. The van der Waals surface area contributed by atoms with E-state index in [1.165, 1.54) is 16.2 Å². The monoisotopic (exact) mass is 373 g/mol. The molecule has 3 aromatic carbocycles. The summed E-state index contributed by atoms with van der Waals surface area (Å²) in [6, 6.07) is 30.8. The minimum absolute atomic E-state index is 0.374. The van der Waals surface area contributed by atoms with Crippen LogP contribution in [0.4, 0.5) is 0 Å². The molecule has 0 saturated heterocycles. The molecule has 3 nitrogen and oxygen atoms in total. The molecule has 0 aliphatic heterocycles. The summed E-state index contributed by atoms with van der Waals surface area (Å²) in [7, 11) is 0. The first kappa shape index (κ1) is 20.3. The SMILES string of the molecule is CC(C)(C)N([O])C(c1ccccc1)N(Cc1ccccc1)Cc1ccccc1. The fourth-order valence-corrected chi connectivity index (χ4v) is 3.35. The molecule has 0 aromatic heterocycles. The molecule has 1 unspecified atom stereocenters. The minimum Gasteiger partial charge on any atom is -0.274 e. The highest BCUT2D eigenvalue weighted by molar-refractivity contribution is 5.22. The summed E-state index contributed by atoms with van der Waals surface area (Å²) in [5.74, 6) is 0. The van der Waals surface area contributed by atoms with Gasteiger partial charge in [0.05, 0.1) is 0 Å². The molecule has 1 radical (unpaired) electrons. The van der Waals surface area contributed by atoms with Crippen molar-refractivity contribution in [1.29, 1.82) is 0 Å². The van der Waals surface area contributed by atoms with Crippen molar-refractivity contribution in [1.82, 2.24) is 9.96 Å². The first-order chi connectivity index (χ1) is 13.4. The third-order valence-electron chi connectivity index (χ3n) is 4.78. The Morgan fingerprint density at radius 3 is 1.46 bits per heavy atom. The number of benzene rings is 3. The van der Waals surface area contributed by atoms with E-state index in [4.69, 9.17) is 0 Å². The molecule has 0 aliphatic rings. The van der Waals surface area contributed by atoms with E-state index in [0.717, 1.165) is 5.56 Å². The Balaban J connectivity index is 2.01. The van der Waals surface area contributed by atoms with Crippen LogP contribution in [0.2, 0.25) is 0 Å². The second-order valence-electron chi connectivity index (χ2n) is 8.16. The van der Waals surface area contributed by atoms with E-state index < -0.39 is 5.54 Å². The fraction of sp³-hybridized carbons (Fsp3) is 0.280. The standard InChI is InChI=1S/C25H29N2O/c1-25(2,3)27(28)24(23-17-11-6-12-18-23)26(19-21-13-7-4-8-14-21)20-22-15-9-5-10-16-22/h4-18,24H,19-20H2,1-3H3. The van der Waals surface area contributed by atoms with Crippen LogP contribution in [-0.2, 0) is 18.3 Å². The molecule has 1 atom stereocenters. The lowest BCUT2D eigenvalue weighted by atomic mass is 10.0. The van der Waals surface area contributed by atoms with Crippen LogP contribution in [0.25, 0.3) is 0 Å². The molecule has 3 heteroatoms. The van der Waals surface area contributed by atoms with Gasteiger partial charge in [0.15, 0.2) is 0 Å². The van der Waals surface area contributed by atoms with Gasteiger partial charge in [0.25, 0.3) is 0 Å². The molecule has 0 aliphatic carbocycles. The molecule has 3 rings (SSSR count). The van der Waals surface area contributed by atoms with Crippen LogP contribution in [0.3, 0.4) is 0 Å². The molecule has 0 saturated carbocycles. The van der Waals surface area contributed by atoms with Crippen molar-refractivity contribution in [3.05, 3.63) is 108 Å². The maximum atomic E-state index is 13.5. The topological polar surface area (TPSA) is 26.4 Å². The van der Waals surface area contributed by atoms with Crippen molar-refractivity contribution in [3.8, 4) is 0 Å². The van der Waals surface area contributed by atoms with Gasteiger partial charge in [-0.3, -0.25) is 4.90 Å². The number of nitrogens with zero attached hydrogens (tertiary/aromatic N) is 2. The van der Waals surface area contributed by atoms with Crippen LogP contribution in [0.1, 0.15) is 43.6 Å². The van der Waals surface area contributed by atoms with E-state index >= 15 is 0 Å². The molecule has 0 spiro atoms. The van der Waals surface area contributed by atoms with Crippen molar-refractivity contribution in [2.75, 3.05) is 0 Å². The van der Waals surface area contributed by atoms with Crippen LogP contribution in [0.15, 0.2) is 91.0 Å². The highest BCUT2D eigenvalue weighted by Gasteiger charge is 2.34. The molecule has 28 heavy (non-hydrogen) atoms. The number of hydrogen-bond donors (Lipinski definition) is 0. The summed E-state index contributed by atoms with van der Waals surface area (Å²) in [6.45, 7) is 7.31. The Labute approximate surface area is 168 Å². The minimum atomic E-state index is -0.508. The second kappa shape index (κ2) is 9.16. The third-order valence-corrected chi connectivity index (χ3v) is 4.78. The van der Waals surface area contributed by atoms with Gasteiger partial charge < -0.3 is 0 Å². The normalized spacial score (nSPS) is 13.1. The van der Waals surface area contributed by atoms with Crippen LogP contribution < -0.4 is 0 Å². The molecule has 0 bridgehead atoms. The van der Waals surface area contributed by atoms with Gasteiger partial charge in [0.2, 0.25) is 0 Å². The van der Waals surface area contributed by atoms with E-state index in [9.17, 15) is 5.21 Å². The van der Waals surface area contributed by atoms with Crippen LogP contribution in [0, 0.1) is 0 Å². The number of hydroxylamine groups is 2. The van der Waals surface area contributed by atoms with Crippen LogP contribution >= 0.6 is 0 Å². The molecule has 0 N–H and O–H groups in total. The van der Waals surface area contributed by atoms with Gasteiger partial charge >= 0.3 is 0 Å². The first-order valence-corrected chi connectivity index (χ1v) is 9.78. The van der Waals surface area contributed by atoms with Crippen molar-refractivity contribution in [3.63, 3.8) is 0 Å². The third kappa shape index (κ3) is 5.29. The van der Waals surface area contributed by atoms with E-state index in [1.54, 1.807) is 0 Å². The van der Waals surface area contributed by atoms with Gasteiger partial charge in [-0.25, -0.2) is 0 Å². The van der Waals surface area contributed by atoms with Crippen molar-refractivity contribution >= 4 is 0 Å². The highest BCUT2D eigenvalue weighted by atomic mass is 16.5. The quantitative estimate of drug-likeness (QED) is 0.384. The van der Waals surface area contributed by atoms with Gasteiger partial charge in [0.1, 0.15) is 6.17 Å². The lowest BCUT2D eigenvalue weighted by Gasteiger charge is -2.41. The van der Waals surface area contributed by atoms with Gasteiger partial charge in [-0.1, -0.05) is 91.0 Å². The maximum Gasteiger partial charge on any atom is 0.117 e. The average molecular weight is 374 g/mol. The number of hydrogen-bond acceptors (Lipinski definition) is 2. The Kier molecular flexibility index (Phi) is 6.63. The zero-order valence-corrected chi connectivity index (χ0v) is 17.0. The average Bonchev–Trinajstić information content (AvgIpc) is 2.70. The predicted octanol–water partition coefficient (Wildman–Crippen LogP) is 5.83. The summed E-state index contributed by atoms with van der Waals surface area (Å²) in [6.07, 6.45) is -0.374. The lowest BCUT2D eigenvalue weighted by Crippen LogP contribution is -2.47. The molecule has 3 aromatic rings. The van der Waals surface area contributed by atoms with E-state index in [1.807, 2.05) is 87.5 Å². The molecular weight excluding hydrogens is 344 g/mol. The van der Waals surface area contributed by atoms with E-state index in [2.05, 4.69) is 29.2 Å². The van der Waals surface area contributed by atoms with Gasteiger partial charge in [-0.05, 0) is 37.5 Å². The van der Waals surface area contributed by atoms with Gasteiger partial charge in [-0.15, -0.1) is 10.3 Å². The van der Waals surface area contributed by atoms with Gasteiger partial charge in [0, 0.05) is 18.6 Å². The summed E-state index contributed by atoms with van der Waals surface area (Å²) in [5.41, 5.74) is 2.90. The Bertz CT molecular complexity index is 787.